The van der Waals surface area contributed by atoms with Crippen LogP contribution in [0.3, 0.4) is 0 Å². The van der Waals surface area contributed by atoms with Crippen molar-refractivity contribution in [1.82, 2.24) is 0 Å². The molecule has 0 fully saturated rings. The number of ether oxygens (including phenoxy) is 4. The number of aliphatic hydroxyl groups excluding tert-OH is 1. The van der Waals surface area contributed by atoms with Crippen LogP contribution in [0.1, 0.15) is 421 Å². The molecule has 0 aliphatic heterocycles. The second-order valence-electron chi connectivity index (χ2n) is 30.6. The third-order valence-electron chi connectivity index (χ3n) is 18.9. The number of esters is 4. The normalized spacial score (nSPS) is 14.0. The predicted octanol–water partition coefficient (Wildman–Crippen LogP) is 24.1. The highest BCUT2D eigenvalue weighted by atomic mass is 31.2. The van der Waals surface area contributed by atoms with Crippen molar-refractivity contribution in [3.05, 3.63) is 0 Å². The van der Waals surface area contributed by atoms with Gasteiger partial charge in [0.25, 0.3) is 0 Å². The van der Waals surface area contributed by atoms with Gasteiger partial charge >= 0.3 is 39.5 Å². The highest BCUT2D eigenvalue weighted by Crippen LogP contribution is 2.45. The lowest BCUT2D eigenvalue weighted by Crippen LogP contribution is -2.30. The molecule has 100 heavy (non-hydrogen) atoms. The number of hydrogen-bond acceptors (Lipinski definition) is 15. The van der Waals surface area contributed by atoms with Crippen LogP contribution in [0, 0.1) is 17.8 Å². The molecule has 0 spiro atoms. The van der Waals surface area contributed by atoms with Crippen molar-refractivity contribution in [3.8, 4) is 0 Å². The maximum Gasteiger partial charge on any atom is 0.472 e. The quantitative estimate of drug-likeness (QED) is 0.0222. The zero-order chi connectivity index (χ0) is 73.7. The summed E-state index contributed by atoms with van der Waals surface area (Å²) in [6, 6.07) is 0. The molecule has 17 nitrogen and oxygen atoms in total. The van der Waals surface area contributed by atoms with Gasteiger partial charge in [0.15, 0.2) is 12.2 Å². The molecule has 0 aliphatic rings. The monoisotopic (exact) mass is 1470 g/mol. The average molecular weight is 1470 g/mol. The van der Waals surface area contributed by atoms with Gasteiger partial charge in [0.05, 0.1) is 26.4 Å². The van der Waals surface area contributed by atoms with Gasteiger partial charge in [0.1, 0.15) is 19.3 Å². The average Bonchev–Trinajstić information content (AvgIpc) is 1.02. The number of unbranched alkanes of at least 4 members (excludes halogenated alkanes) is 47. The van der Waals surface area contributed by atoms with Gasteiger partial charge in [-0.2, -0.15) is 0 Å². The summed E-state index contributed by atoms with van der Waals surface area (Å²) in [5.74, 6) is 0.199. The first-order chi connectivity index (χ1) is 48.2. The van der Waals surface area contributed by atoms with Crippen molar-refractivity contribution in [2.75, 3.05) is 39.6 Å². The van der Waals surface area contributed by atoms with E-state index >= 15 is 0 Å². The molecule has 0 bridgehead atoms. The van der Waals surface area contributed by atoms with Gasteiger partial charge in [0.2, 0.25) is 0 Å². The van der Waals surface area contributed by atoms with E-state index in [9.17, 15) is 43.2 Å². The van der Waals surface area contributed by atoms with Crippen LogP contribution >= 0.6 is 15.6 Å². The van der Waals surface area contributed by atoms with E-state index in [1.807, 2.05) is 0 Å². The van der Waals surface area contributed by atoms with Gasteiger partial charge in [-0.1, -0.05) is 370 Å². The number of phosphoric ester groups is 2. The maximum absolute atomic E-state index is 13.1. The molecule has 0 aliphatic carbocycles. The van der Waals surface area contributed by atoms with Crippen molar-refractivity contribution >= 4 is 39.5 Å². The van der Waals surface area contributed by atoms with Crippen molar-refractivity contribution < 1.29 is 80.2 Å². The zero-order valence-electron chi connectivity index (χ0n) is 65.7. The second-order valence-corrected chi connectivity index (χ2v) is 33.5. The summed E-state index contributed by atoms with van der Waals surface area (Å²) in [6.07, 6.45) is 59.9. The summed E-state index contributed by atoms with van der Waals surface area (Å²) >= 11 is 0. The van der Waals surface area contributed by atoms with E-state index in [1.54, 1.807) is 0 Å². The summed E-state index contributed by atoms with van der Waals surface area (Å²) in [4.78, 5) is 72.9. The minimum Gasteiger partial charge on any atom is -0.462 e. The van der Waals surface area contributed by atoms with Crippen LogP contribution in [0.15, 0.2) is 0 Å². The second kappa shape index (κ2) is 71.3. The maximum atomic E-state index is 13.1. The Balaban J connectivity index is 5.19. The smallest absolute Gasteiger partial charge is 0.462 e. The number of carbonyl (C=O) groups excluding carboxylic acids is 4. The summed E-state index contributed by atoms with van der Waals surface area (Å²) in [5, 5.41) is 10.6. The number of carbonyl (C=O) groups is 4. The molecular weight excluding hydrogens is 1310 g/mol. The first kappa shape index (κ1) is 98.1. The van der Waals surface area contributed by atoms with Crippen LogP contribution in [-0.2, 0) is 65.4 Å². The molecule has 5 atom stereocenters. The van der Waals surface area contributed by atoms with E-state index in [0.717, 1.165) is 108 Å². The third kappa shape index (κ3) is 74.3. The van der Waals surface area contributed by atoms with Crippen LogP contribution in [0.5, 0.6) is 0 Å². The minimum absolute atomic E-state index is 0.106. The molecule has 0 amide bonds. The number of rotatable bonds is 79. The Morgan fingerprint density at radius 1 is 0.270 bits per heavy atom. The first-order valence-electron chi connectivity index (χ1n) is 41.8. The lowest BCUT2D eigenvalue weighted by atomic mass is 10.0. The van der Waals surface area contributed by atoms with Crippen molar-refractivity contribution in [3.63, 3.8) is 0 Å². The predicted molar refractivity (Wildman–Crippen MR) is 409 cm³/mol. The van der Waals surface area contributed by atoms with E-state index < -0.39 is 97.5 Å². The van der Waals surface area contributed by atoms with Gasteiger partial charge in [-0.3, -0.25) is 37.3 Å². The summed E-state index contributed by atoms with van der Waals surface area (Å²) in [7, 11) is -9.92. The fourth-order valence-electron chi connectivity index (χ4n) is 12.5. The van der Waals surface area contributed by atoms with Crippen LogP contribution in [0.2, 0.25) is 0 Å². The van der Waals surface area contributed by atoms with E-state index in [2.05, 4.69) is 48.5 Å². The Morgan fingerprint density at radius 3 is 0.680 bits per heavy atom. The number of hydrogen-bond donors (Lipinski definition) is 3. The molecule has 19 heteroatoms. The standard InChI is InChI=1S/C81H158O17P2/c1-8-9-10-11-12-13-28-36-41-50-57-64-80(85)98-77(69-92-79(84)63-56-49-44-43-47-54-61-74(6)7)71-96-100(89,90)94-67-75(82)66-93-99(87,88)95-70-76(68-91-78(83)62-55-48-40-35-31-26-22-19-18-21-25-30-34-39-46-53-60-73(4)5)97-81(86)65-58-51-42-37-32-27-23-17-15-14-16-20-24-29-33-38-45-52-59-72(2)3/h72-77,82H,8-71H2,1-7H3,(H,87,88)(H,89,90)/t75-,76-,77-/m1/s1. The van der Waals surface area contributed by atoms with Crippen LogP contribution in [0.25, 0.3) is 0 Å². The number of aliphatic hydroxyl groups is 1. The Morgan fingerprint density at radius 2 is 0.460 bits per heavy atom. The fourth-order valence-corrected chi connectivity index (χ4v) is 14.1. The lowest BCUT2D eigenvalue weighted by molar-refractivity contribution is -0.161. The van der Waals surface area contributed by atoms with Gasteiger partial charge in [-0.05, 0) is 43.4 Å². The largest absolute Gasteiger partial charge is 0.472 e. The highest BCUT2D eigenvalue weighted by molar-refractivity contribution is 7.47. The van der Waals surface area contributed by atoms with Crippen molar-refractivity contribution in [2.24, 2.45) is 17.8 Å². The molecule has 0 radical (unpaired) electrons. The molecular formula is C81H158O17P2. The Kier molecular flexibility index (Phi) is 69.9. The van der Waals surface area contributed by atoms with Gasteiger partial charge in [-0.15, -0.1) is 0 Å². The molecule has 594 valence electrons. The van der Waals surface area contributed by atoms with E-state index in [-0.39, 0.29) is 25.7 Å². The van der Waals surface area contributed by atoms with Crippen LogP contribution in [0.4, 0.5) is 0 Å². The SMILES string of the molecule is CCCCCCCCCCCCCC(=O)O[C@H](COC(=O)CCCCCCCCC(C)C)COP(=O)(O)OC[C@H](O)COP(=O)(O)OC[C@@H](COC(=O)CCCCCCCCCCCCCCCCCCC(C)C)OC(=O)CCCCCCCCCCCCCCCCCCCCC(C)C. The van der Waals surface area contributed by atoms with Gasteiger partial charge in [-0.25, -0.2) is 9.13 Å². The number of phosphoric acid groups is 2. The van der Waals surface area contributed by atoms with Crippen molar-refractivity contribution in [1.29, 1.82) is 0 Å². The van der Waals surface area contributed by atoms with E-state index in [1.165, 1.54) is 225 Å². The summed E-state index contributed by atoms with van der Waals surface area (Å²) in [5.41, 5.74) is 0. The van der Waals surface area contributed by atoms with E-state index in [4.69, 9.17) is 37.0 Å². The molecule has 0 aromatic carbocycles. The Bertz CT molecular complexity index is 1940. The first-order valence-corrected chi connectivity index (χ1v) is 44.8. The molecule has 0 rings (SSSR count). The molecule has 0 aromatic rings. The summed E-state index contributed by atoms with van der Waals surface area (Å²) in [6.45, 7) is 11.9. The molecule has 3 N–H and O–H groups in total. The van der Waals surface area contributed by atoms with Gasteiger partial charge in [0, 0.05) is 25.7 Å². The van der Waals surface area contributed by atoms with Crippen LogP contribution in [-0.4, -0.2) is 96.7 Å². The topological polar surface area (TPSA) is 237 Å². The molecule has 0 saturated heterocycles. The Labute approximate surface area is 613 Å². The minimum atomic E-state index is -4.96. The molecule has 0 saturated carbocycles. The highest BCUT2D eigenvalue weighted by Gasteiger charge is 2.30. The fraction of sp³-hybridized carbons (Fsp3) is 0.951. The van der Waals surface area contributed by atoms with Crippen LogP contribution < -0.4 is 0 Å². The third-order valence-corrected chi connectivity index (χ3v) is 20.8. The lowest BCUT2D eigenvalue weighted by Gasteiger charge is -2.21. The van der Waals surface area contributed by atoms with Gasteiger partial charge < -0.3 is 33.8 Å². The molecule has 0 heterocycles. The van der Waals surface area contributed by atoms with E-state index in [0.29, 0.717) is 31.6 Å². The Hall–Kier alpha value is -1.94. The van der Waals surface area contributed by atoms with Crippen molar-refractivity contribution in [2.45, 2.75) is 439 Å². The zero-order valence-corrected chi connectivity index (χ0v) is 67.5. The summed E-state index contributed by atoms with van der Waals surface area (Å²) < 4.78 is 68.6. The molecule has 0 aromatic heterocycles. The molecule has 2 unspecified atom stereocenters.